The van der Waals surface area contributed by atoms with Crippen molar-refractivity contribution in [2.24, 2.45) is 14.1 Å². The third-order valence-electron chi connectivity index (χ3n) is 5.93. The maximum atomic E-state index is 12.7. The quantitative estimate of drug-likeness (QED) is 0.326. The van der Waals surface area contributed by atoms with Gasteiger partial charge in [0.2, 0.25) is 0 Å². The SMILES string of the molecule is Cn1c(=O)c2c(ncn2CC(=O)OCC(=O)Nc2cc(-c3ccccc3)nn2-c2ccccc2)n(C)c1=O. The summed E-state index contributed by atoms with van der Waals surface area (Å²) in [5.41, 5.74) is 1.38. The number of fused-ring (bicyclic) bond motifs is 1. The molecule has 1 amide bonds. The molecule has 3 heterocycles. The lowest BCUT2D eigenvalue weighted by atomic mass is 10.2. The lowest BCUT2D eigenvalue weighted by Gasteiger charge is -2.10. The Morgan fingerprint density at radius 1 is 0.947 bits per heavy atom. The van der Waals surface area contributed by atoms with Gasteiger partial charge in [-0.05, 0) is 12.1 Å². The fourth-order valence-corrected chi connectivity index (χ4v) is 4.01. The van der Waals surface area contributed by atoms with Gasteiger partial charge in [-0.2, -0.15) is 5.10 Å². The summed E-state index contributed by atoms with van der Waals surface area (Å²) in [6.45, 7) is -0.917. The first kappa shape index (κ1) is 24.4. The predicted molar refractivity (Wildman–Crippen MR) is 139 cm³/mol. The van der Waals surface area contributed by atoms with Crippen molar-refractivity contribution in [3.63, 3.8) is 0 Å². The van der Waals surface area contributed by atoms with Crippen molar-refractivity contribution in [3.05, 3.63) is 93.9 Å². The van der Waals surface area contributed by atoms with Crippen molar-refractivity contribution in [3.8, 4) is 16.9 Å². The second kappa shape index (κ2) is 10.0. The van der Waals surface area contributed by atoms with Gasteiger partial charge in [-0.25, -0.2) is 14.5 Å². The first-order valence-corrected chi connectivity index (χ1v) is 11.6. The number of aryl methyl sites for hydroxylation is 1. The summed E-state index contributed by atoms with van der Waals surface area (Å²) in [6, 6.07) is 20.6. The average molecular weight is 514 g/mol. The number of para-hydroxylation sites is 1. The third kappa shape index (κ3) is 4.62. The molecule has 38 heavy (non-hydrogen) atoms. The fraction of sp³-hybridized carbons (Fsp3) is 0.154. The van der Waals surface area contributed by atoms with Crippen LogP contribution in [-0.2, 0) is 35.0 Å². The van der Waals surface area contributed by atoms with Gasteiger partial charge in [-0.1, -0.05) is 48.5 Å². The molecule has 1 N–H and O–H groups in total. The number of ether oxygens (including phenoxy) is 1. The molecule has 3 aromatic heterocycles. The van der Waals surface area contributed by atoms with Gasteiger partial charge in [0.15, 0.2) is 17.8 Å². The van der Waals surface area contributed by atoms with Gasteiger partial charge >= 0.3 is 11.7 Å². The van der Waals surface area contributed by atoms with Gasteiger partial charge in [0.1, 0.15) is 12.4 Å². The molecule has 0 aliphatic carbocycles. The molecule has 0 radical (unpaired) electrons. The second-order valence-corrected chi connectivity index (χ2v) is 8.49. The molecule has 192 valence electrons. The molecule has 12 nitrogen and oxygen atoms in total. The normalized spacial score (nSPS) is 11.0. The monoisotopic (exact) mass is 513 g/mol. The summed E-state index contributed by atoms with van der Waals surface area (Å²) in [6.07, 6.45) is 1.27. The summed E-state index contributed by atoms with van der Waals surface area (Å²) >= 11 is 0. The second-order valence-electron chi connectivity index (χ2n) is 8.49. The Kier molecular flexibility index (Phi) is 6.44. The van der Waals surface area contributed by atoms with Crippen LogP contribution in [0.4, 0.5) is 5.82 Å². The smallest absolute Gasteiger partial charge is 0.332 e. The largest absolute Gasteiger partial charge is 0.454 e. The molecule has 5 rings (SSSR count). The molecule has 0 saturated carbocycles. The minimum atomic E-state index is -0.753. The van der Waals surface area contributed by atoms with Crippen LogP contribution in [0, 0.1) is 0 Å². The first-order valence-electron chi connectivity index (χ1n) is 11.6. The average Bonchev–Trinajstić information content (AvgIpc) is 3.55. The molecule has 0 saturated heterocycles. The summed E-state index contributed by atoms with van der Waals surface area (Å²) in [4.78, 5) is 53.9. The number of carbonyl (C=O) groups excluding carboxylic acids is 2. The van der Waals surface area contributed by atoms with Crippen LogP contribution >= 0.6 is 0 Å². The Bertz CT molecular complexity index is 1770. The van der Waals surface area contributed by atoms with E-state index in [0.717, 1.165) is 15.8 Å². The maximum absolute atomic E-state index is 12.7. The summed E-state index contributed by atoms with van der Waals surface area (Å²) in [5.74, 6) is -0.915. The zero-order valence-electron chi connectivity index (χ0n) is 20.6. The number of imidazole rings is 1. The van der Waals surface area contributed by atoms with Crippen LogP contribution in [0.15, 0.2) is 82.6 Å². The molecule has 0 fully saturated rings. The zero-order chi connectivity index (χ0) is 26.8. The van der Waals surface area contributed by atoms with Crippen molar-refractivity contribution >= 4 is 28.9 Å². The molecule has 0 atom stereocenters. The van der Waals surface area contributed by atoms with Crippen molar-refractivity contribution < 1.29 is 14.3 Å². The fourth-order valence-electron chi connectivity index (χ4n) is 4.01. The van der Waals surface area contributed by atoms with E-state index < -0.39 is 29.7 Å². The van der Waals surface area contributed by atoms with E-state index in [1.807, 2.05) is 60.7 Å². The first-order chi connectivity index (χ1) is 18.3. The summed E-state index contributed by atoms with van der Waals surface area (Å²) in [5, 5.41) is 7.38. The highest BCUT2D eigenvalue weighted by Gasteiger charge is 2.18. The van der Waals surface area contributed by atoms with Gasteiger partial charge in [0.05, 0.1) is 17.7 Å². The van der Waals surface area contributed by atoms with Gasteiger partial charge in [-0.3, -0.25) is 23.5 Å². The van der Waals surface area contributed by atoms with E-state index in [9.17, 15) is 19.2 Å². The standard InChI is InChI=1S/C26H23N7O5/c1-30-24-23(25(36)31(2)26(30)37)32(16-27-24)14-22(35)38-15-21(34)28-20-13-19(17-9-5-3-6-10-17)29-33(20)18-11-7-4-8-12-18/h3-13,16H,14-15H2,1-2H3,(H,28,34). The minimum Gasteiger partial charge on any atom is -0.454 e. The van der Waals surface area contributed by atoms with Crippen LogP contribution in [0.5, 0.6) is 0 Å². The molecule has 0 spiro atoms. The number of benzene rings is 2. The Balaban J connectivity index is 1.30. The van der Waals surface area contributed by atoms with Crippen LogP contribution in [0.25, 0.3) is 28.1 Å². The van der Waals surface area contributed by atoms with E-state index in [1.54, 1.807) is 10.7 Å². The Morgan fingerprint density at radius 3 is 2.34 bits per heavy atom. The highest BCUT2D eigenvalue weighted by molar-refractivity contribution is 5.93. The number of aromatic nitrogens is 6. The van der Waals surface area contributed by atoms with E-state index in [2.05, 4.69) is 15.4 Å². The molecule has 0 aliphatic rings. The molecule has 12 heteroatoms. The number of hydrogen-bond donors (Lipinski definition) is 1. The van der Waals surface area contributed by atoms with Crippen molar-refractivity contribution in [2.45, 2.75) is 6.54 Å². The van der Waals surface area contributed by atoms with Crippen LogP contribution in [0.2, 0.25) is 0 Å². The molecular formula is C26H23N7O5. The summed E-state index contributed by atoms with van der Waals surface area (Å²) in [7, 11) is 2.82. The Hall–Kier alpha value is -5.26. The van der Waals surface area contributed by atoms with Gasteiger partial charge in [-0.15, -0.1) is 0 Å². The number of carbonyl (C=O) groups is 2. The Morgan fingerprint density at radius 2 is 1.63 bits per heavy atom. The topological polar surface area (TPSA) is 135 Å². The highest BCUT2D eigenvalue weighted by atomic mass is 16.5. The van der Waals surface area contributed by atoms with Crippen LogP contribution in [0.3, 0.4) is 0 Å². The van der Waals surface area contributed by atoms with E-state index in [4.69, 9.17) is 4.74 Å². The maximum Gasteiger partial charge on any atom is 0.332 e. The molecule has 2 aromatic carbocycles. The number of esters is 1. The van der Waals surface area contributed by atoms with Crippen LogP contribution < -0.4 is 16.6 Å². The van der Waals surface area contributed by atoms with Crippen molar-refractivity contribution in [2.75, 3.05) is 11.9 Å². The van der Waals surface area contributed by atoms with Gasteiger partial charge < -0.3 is 14.6 Å². The number of hydrogen-bond acceptors (Lipinski definition) is 7. The van der Waals surface area contributed by atoms with Crippen molar-refractivity contribution in [1.29, 1.82) is 0 Å². The third-order valence-corrected chi connectivity index (χ3v) is 5.93. The predicted octanol–water partition coefficient (Wildman–Crippen LogP) is 1.47. The number of anilines is 1. The van der Waals surface area contributed by atoms with Crippen LogP contribution in [0.1, 0.15) is 0 Å². The van der Waals surface area contributed by atoms with E-state index in [1.165, 1.54) is 29.6 Å². The summed E-state index contributed by atoms with van der Waals surface area (Å²) < 4.78 is 10.2. The number of nitrogens with one attached hydrogen (secondary N) is 1. The lowest BCUT2D eigenvalue weighted by Crippen LogP contribution is -2.37. The molecule has 0 bridgehead atoms. The molecular weight excluding hydrogens is 490 g/mol. The zero-order valence-corrected chi connectivity index (χ0v) is 20.6. The van der Waals surface area contributed by atoms with Gasteiger partial charge in [0, 0.05) is 25.7 Å². The molecule has 5 aromatic rings. The van der Waals surface area contributed by atoms with E-state index in [-0.39, 0.29) is 17.7 Å². The lowest BCUT2D eigenvalue weighted by molar-refractivity contribution is -0.147. The molecule has 0 aliphatic heterocycles. The van der Waals surface area contributed by atoms with Crippen LogP contribution in [-0.4, -0.2) is 46.9 Å². The number of nitrogens with zero attached hydrogens (tertiary/aromatic N) is 6. The van der Waals surface area contributed by atoms with E-state index in [0.29, 0.717) is 11.5 Å². The number of rotatable bonds is 7. The van der Waals surface area contributed by atoms with Gasteiger partial charge in [0.25, 0.3) is 11.5 Å². The number of amides is 1. The molecule has 0 unspecified atom stereocenters. The highest BCUT2D eigenvalue weighted by Crippen LogP contribution is 2.24. The van der Waals surface area contributed by atoms with Crippen molar-refractivity contribution in [1.82, 2.24) is 28.5 Å². The minimum absolute atomic E-state index is 0.0798. The van der Waals surface area contributed by atoms with E-state index >= 15 is 0 Å². The Labute approximate surface area is 215 Å².